The Morgan fingerprint density at radius 3 is 1.53 bits per heavy atom. The zero-order valence-corrected chi connectivity index (χ0v) is 12.2. The third kappa shape index (κ3) is 13.9. The minimum atomic E-state index is 0.898. The Hall–Kier alpha value is 0. The van der Waals surface area contributed by atoms with Crippen LogP contribution in [0.4, 0.5) is 0 Å². The van der Waals surface area contributed by atoms with Crippen molar-refractivity contribution < 1.29 is 0 Å². The Labute approximate surface area is 111 Å². The Kier molecular flexibility index (Phi) is 14.1. The molecule has 17 heavy (non-hydrogen) atoms. The average molecular weight is 238 g/mol. The summed E-state index contributed by atoms with van der Waals surface area (Å²) in [5.41, 5.74) is 0. The van der Waals surface area contributed by atoms with E-state index in [1.165, 1.54) is 70.6 Å². The molecule has 0 saturated heterocycles. The molecule has 0 bridgehead atoms. The van der Waals surface area contributed by atoms with Crippen molar-refractivity contribution in [2.45, 2.75) is 90.4 Å². The normalized spacial score (nSPS) is 12.9. The van der Waals surface area contributed by atoms with E-state index in [0.29, 0.717) is 0 Å². The van der Waals surface area contributed by atoms with Gasteiger partial charge >= 0.3 is 0 Å². The highest BCUT2D eigenvalue weighted by atomic mass is 14.1. The first kappa shape index (κ1) is 17.0. The molecule has 1 atom stereocenters. The fraction of sp³-hybridized carbons (Fsp3) is 0.882. The summed E-state index contributed by atoms with van der Waals surface area (Å²) in [7, 11) is 0. The Bertz CT molecular complexity index is 128. The lowest BCUT2D eigenvalue weighted by Crippen LogP contribution is -1.93. The minimum absolute atomic E-state index is 0.898. The number of hydrogen-bond donors (Lipinski definition) is 0. The Morgan fingerprint density at radius 2 is 1.06 bits per heavy atom. The quantitative estimate of drug-likeness (QED) is 0.327. The molecule has 0 amide bonds. The molecule has 0 spiro atoms. The van der Waals surface area contributed by atoms with Crippen molar-refractivity contribution in [3.63, 3.8) is 0 Å². The third-order valence-corrected chi connectivity index (χ3v) is 3.64. The molecule has 102 valence electrons. The van der Waals surface area contributed by atoms with Crippen molar-refractivity contribution in [1.29, 1.82) is 0 Å². The van der Waals surface area contributed by atoms with Crippen LogP contribution in [-0.4, -0.2) is 0 Å². The Morgan fingerprint density at radius 1 is 0.588 bits per heavy atom. The maximum Gasteiger partial charge on any atom is -0.0443 e. The van der Waals surface area contributed by atoms with Crippen LogP contribution in [0.25, 0.3) is 0 Å². The first-order valence-corrected chi connectivity index (χ1v) is 7.89. The summed E-state index contributed by atoms with van der Waals surface area (Å²) in [6, 6.07) is 0. The van der Waals surface area contributed by atoms with Crippen LogP contribution >= 0.6 is 0 Å². The van der Waals surface area contributed by atoms with Crippen LogP contribution < -0.4 is 0 Å². The van der Waals surface area contributed by atoms with Gasteiger partial charge in [0.25, 0.3) is 0 Å². The molecule has 0 fully saturated rings. The maximum atomic E-state index is 3.92. The van der Waals surface area contributed by atoms with Gasteiger partial charge in [-0.25, -0.2) is 0 Å². The summed E-state index contributed by atoms with van der Waals surface area (Å²) < 4.78 is 0. The molecule has 0 rings (SSSR count). The van der Waals surface area contributed by atoms with E-state index >= 15 is 0 Å². The van der Waals surface area contributed by atoms with Crippen LogP contribution in [0, 0.1) is 19.8 Å². The zero-order chi connectivity index (χ0) is 12.8. The summed E-state index contributed by atoms with van der Waals surface area (Å²) in [4.78, 5) is 0. The van der Waals surface area contributed by atoms with E-state index in [9.17, 15) is 0 Å². The number of rotatable bonds is 13. The summed E-state index contributed by atoms with van der Waals surface area (Å²) in [6.07, 6.45) is 17.8. The maximum absolute atomic E-state index is 3.92. The predicted molar refractivity (Wildman–Crippen MR) is 79.9 cm³/mol. The van der Waals surface area contributed by atoms with Crippen LogP contribution in [0.1, 0.15) is 90.4 Å². The molecule has 0 heterocycles. The topological polar surface area (TPSA) is 0 Å². The highest BCUT2D eigenvalue weighted by Crippen LogP contribution is 2.16. The molecular weight excluding hydrogens is 204 g/mol. The fourth-order valence-corrected chi connectivity index (χ4v) is 2.40. The SMILES string of the molecule is [CH2]CCCCCCCCCCCC(C)CC[CH2]. The van der Waals surface area contributed by atoms with Gasteiger partial charge in [0.1, 0.15) is 0 Å². The molecule has 0 aromatic heterocycles. The van der Waals surface area contributed by atoms with Gasteiger partial charge in [0.2, 0.25) is 0 Å². The summed E-state index contributed by atoms with van der Waals surface area (Å²) in [5.74, 6) is 0.898. The van der Waals surface area contributed by atoms with E-state index in [4.69, 9.17) is 0 Å². The van der Waals surface area contributed by atoms with Crippen LogP contribution in [-0.2, 0) is 0 Å². The first-order chi connectivity index (χ1) is 8.31. The largest absolute Gasteiger partial charge is 0.0625 e. The van der Waals surface area contributed by atoms with E-state index in [-0.39, 0.29) is 0 Å². The summed E-state index contributed by atoms with van der Waals surface area (Å²) >= 11 is 0. The molecule has 0 saturated carbocycles. The van der Waals surface area contributed by atoms with Crippen molar-refractivity contribution in [1.82, 2.24) is 0 Å². The van der Waals surface area contributed by atoms with E-state index in [0.717, 1.165) is 18.8 Å². The fourth-order valence-electron chi connectivity index (χ4n) is 2.40. The van der Waals surface area contributed by atoms with Crippen LogP contribution in [0.2, 0.25) is 0 Å². The number of unbranched alkanes of at least 4 members (excludes halogenated alkanes) is 9. The van der Waals surface area contributed by atoms with Gasteiger partial charge in [-0.15, -0.1) is 0 Å². The second-order valence-corrected chi connectivity index (χ2v) is 5.57. The monoisotopic (exact) mass is 238 g/mol. The molecule has 0 heteroatoms. The van der Waals surface area contributed by atoms with Crippen LogP contribution in [0.3, 0.4) is 0 Å². The zero-order valence-electron chi connectivity index (χ0n) is 12.2. The van der Waals surface area contributed by atoms with Crippen molar-refractivity contribution in [3.8, 4) is 0 Å². The van der Waals surface area contributed by atoms with Gasteiger partial charge in [-0.3, -0.25) is 0 Å². The van der Waals surface area contributed by atoms with Gasteiger partial charge in [0, 0.05) is 0 Å². The van der Waals surface area contributed by atoms with Gasteiger partial charge in [0.15, 0.2) is 0 Å². The molecule has 2 radical (unpaired) electrons. The lowest BCUT2D eigenvalue weighted by molar-refractivity contribution is 0.456. The van der Waals surface area contributed by atoms with E-state index < -0.39 is 0 Å². The first-order valence-electron chi connectivity index (χ1n) is 7.89. The van der Waals surface area contributed by atoms with E-state index in [2.05, 4.69) is 20.8 Å². The second-order valence-electron chi connectivity index (χ2n) is 5.57. The van der Waals surface area contributed by atoms with E-state index in [1.54, 1.807) is 0 Å². The van der Waals surface area contributed by atoms with Crippen molar-refractivity contribution >= 4 is 0 Å². The van der Waals surface area contributed by atoms with Gasteiger partial charge in [0.05, 0.1) is 0 Å². The molecule has 0 N–H and O–H groups in total. The Balaban J connectivity index is 2.98. The summed E-state index contributed by atoms with van der Waals surface area (Å²) in [5, 5.41) is 0. The van der Waals surface area contributed by atoms with Gasteiger partial charge in [-0.1, -0.05) is 104 Å². The lowest BCUT2D eigenvalue weighted by atomic mass is 9.98. The van der Waals surface area contributed by atoms with Crippen LogP contribution in [0.5, 0.6) is 0 Å². The highest BCUT2D eigenvalue weighted by Gasteiger charge is 1.99. The number of hydrogen-bond acceptors (Lipinski definition) is 0. The highest BCUT2D eigenvalue weighted by molar-refractivity contribution is 4.55. The lowest BCUT2D eigenvalue weighted by Gasteiger charge is -2.09. The molecule has 0 aromatic carbocycles. The van der Waals surface area contributed by atoms with Crippen LogP contribution in [0.15, 0.2) is 0 Å². The van der Waals surface area contributed by atoms with Gasteiger partial charge in [-0.2, -0.15) is 0 Å². The standard InChI is InChI=1S/C17H34/c1-4-6-7-8-9-10-11-12-13-14-16-17(3)15-5-2/h17H,1-2,4-16H2,3H3. The molecule has 1 unspecified atom stereocenters. The molecule has 0 aromatic rings. The van der Waals surface area contributed by atoms with Crippen molar-refractivity contribution in [2.75, 3.05) is 0 Å². The molecular formula is C17H34. The van der Waals surface area contributed by atoms with Gasteiger partial charge < -0.3 is 0 Å². The van der Waals surface area contributed by atoms with Crippen molar-refractivity contribution in [3.05, 3.63) is 13.8 Å². The predicted octanol–water partition coefficient (Wildman–Crippen LogP) is 6.36. The van der Waals surface area contributed by atoms with E-state index in [1.807, 2.05) is 0 Å². The molecule has 0 nitrogen and oxygen atoms in total. The molecule has 0 aliphatic heterocycles. The minimum Gasteiger partial charge on any atom is -0.0625 e. The van der Waals surface area contributed by atoms with Crippen molar-refractivity contribution in [2.24, 2.45) is 5.92 Å². The van der Waals surface area contributed by atoms with Gasteiger partial charge in [-0.05, 0) is 5.92 Å². The molecule has 0 aliphatic rings. The molecule has 0 aliphatic carbocycles. The second kappa shape index (κ2) is 14.1. The summed E-state index contributed by atoms with van der Waals surface area (Å²) in [6.45, 7) is 10.2. The third-order valence-electron chi connectivity index (χ3n) is 3.64. The smallest absolute Gasteiger partial charge is 0.0443 e. The average Bonchev–Trinajstić information content (AvgIpc) is 2.32.